The molecule has 156 valence electrons. The summed E-state index contributed by atoms with van der Waals surface area (Å²) in [4.78, 5) is 13.4. The van der Waals surface area contributed by atoms with Crippen LogP contribution in [0.5, 0.6) is 11.5 Å². The predicted octanol–water partition coefficient (Wildman–Crippen LogP) is 6.82. The van der Waals surface area contributed by atoms with Gasteiger partial charge in [-0.05, 0) is 72.0 Å². The van der Waals surface area contributed by atoms with Gasteiger partial charge in [0.1, 0.15) is 11.5 Å². The molecule has 32 heavy (non-hydrogen) atoms. The number of nitrogens with zero attached hydrogens (tertiary/aromatic N) is 1. The Bertz CT molecular complexity index is 1420. The first-order valence-corrected chi connectivity index (χ1v) is 10.7. The zero-order valence-electron chi connectivity index (χ0n) is 17.9. The van der Waals surface area contributed by atoms with Crippen LogP contribution in [0.4, 0.5) is 0 Å². The van der Waals surface area contributed by atoms with Crippen LogP contribution in [0.15, 0.2) is 114 Å². The first-order valence-electron chi connectivity index (χ1n) is 10.7. The minimum absolute atomic E-state index is 0.0169. The first kappa shape index (κ1) is 19.8. The molecule has 0 saturated carbocycles. The van der Waals surface area contributed by atoms with Crippen LogP contribution < -0.4 is 10.3 Å². The van der Waals surface area contributed by atoms with Crippen LogP contribution in [0, 0.1) is 6.92 Å². The standard InChI is InChI=1S/C29H23NO2/c1-21-11-13-22(14-12-21)20-30-28(19-24-7-5-6-10-27(24)29(30)31)23-15-17-26(18-16-23)32-25-8-3-2-4-9-25/h2-19H,20H2,1H3. The average Bonchev–Trinajstić information content (AvgIpc) is 2.83. The largest absolute Gasteiger partial charge is 0.457 e. The molecule has 1 aromatic heterocycles. The van der Waals surface area contributed by atoms with Crippen molar-refractivity contribution >= 4 is 10.8 Å². The van der Waals surface area contributed by atoms with Crippen LogP contribution in [0.25, 0.3) is 22.0 Å². The predicted molar refractivity (Wildman–Crippen MR) is 130 cm³/mol. The van der Waals surface area contributed by atoms with E-state index in [1.807, 2.05) is 83.4 Å². The van der Waals surface area contributed by atoms with E-state index in [4.69, 9.17) is 4.74 Å². The molecule has 0 spiro atoms. The maximum atomic E-state index is 13.4. The summed E-state index contributed by atoms with van der Waals surface area (Å²) < 4.78 is 7.79. The zero-order valence-corrected chi connectivity index (χ0v) is 17.9. The van der Waals surface area contributed by atoms with Crippen molar-refractivity contribution in [2.75, 3.05) is 0 Å². The van der Waals surface area contributed by atoms with Gasteiger partial charge in [0.25, 0.3) is 5.56 Å². The van der Waals surface area contributed by atoms with Gasteiger partial charge in [0.15, 0.2) is 0 Å². The van der Waals surface area contributed by atoms with Gasteiger partial charge in [-0.2, -0.15) is 0 Å². The van der Waals surface area contributed by atoms with Crippen LogP contribution >= 0.6 is 0 Å². The van der Waals surface area contributed by atoms with Gasteiger partial charge in [0, 0.05) is 5.39 Å². The van der Waals surface area contributed by atoms with Crippen LogP contribution in [-0.2, 0) is 6.54 Å². The van der Waals surface area contributed by atoms with Crippen molar-refractivity contribution in [3.8, 4) is 22.8 Å². The molecule has 0 saturated heterocycles. The Hall–Kier alpha value is -4.11. The van der Waals surface area contributed by atoms with Crippen LogP contribution in [0.3, 0.4) is 0 Å². The monoisotopic (exact) mass is 417 g/mol. The molecule has 3 nitrogen and oxygen atoms in total. The molecule has 4 aromatic carbocycles. The van der Waals surface area contributed by atoms with Crippen molar-refractivity contribution in [2.45, 2.75) is 13.5 Å². The second-order valence-electron chi connectivity index (χ2n) is 7.93. The molecular formula is C29H23NO2. The molecule has 0 bridgehead atoms. The maximum absolute atomic E-state index is 13.4. The summed E-state index contributed by atoms with van der Waals surface area (Å²) in [7, 11) is 0. The fourth-order valence-electron chi connectivity index (χ4n) is 3.89. The highest BCUT2D eigenvalue weighted by molar-refractivity contribution is 5.85. The molecular weight excluding hydrogens is 394 g/mol. The van der Waals surface area contributed by atoms with Gasteiger partial charge in [-0.3, -0.25) is 4.79 Å². The minimum Gasteiger partial charge on any atom is -0.457 e. The highest BCUT2D eigenvalue weighted by atomic mass is 16.5. The third-order valence-electron chi connectivity index (χ3n) is 5.61. The van der Waals surface area contributed by atoms with E-state index in [0.29, 0.717) is 6.54 Å². The topological polar surface area (TPSA) is 31.2 Å². The fraction of sp³-hybridized carbons (Fsp3) is 0.0690. The van der Waals surface area contributed by atoms with Gasteiger partial charge in [-0.15, -0.1) is 0 Å². The summed E-state index contributed by atoms with van der Waals surface area (Å²) in [6.07, 6.45) is 0. The second kappa shape index (κ2) is 8.56. The van der Waals surface area contributed by atoms with Gasteiger partial charge in [-0.25, -0.2) is 0 Å². The Morgan fingerprint density at radius 2 is 1.38 bits per heavy atom. The van der Waals surface area contributed by atoms with Gasteiger partial charge in [0.2, 0.25) is 0 Å². The molecule has 0 aliphatic heterocycles. The number of pyridine rings is 1. The lowest BCUT2D eigenvalue weighted by molar-refractivity contribution is 0.483. The average molecular weight is 418 g/mol. The van der Waals surface area contributed by atoms with Gasteiger partial charge >= 0.3 is 0 Å². The summed E-state index contributed by atoms with van der Waals surface area (Å²) >= 11 is 0. The number of fused-ring (bicyclic) bond motifs is 1. The van der Waals surface area contributed by atoms with Crippen molar-refractivity contribution in [1.29, 1.82) is 0 Å². The molecule has 0 aliphatic rings. The molecule has 5 aromatic rings. The van der Waals surface area contributed by atoms with Gasteiger partial charge < -0.3 is 9.30 Å². The summed E-state index contributed by atoms with van der Waals surface area (Å²) in [6, 6.07) is 35.8. The van der Waals surface area contributed by atoms with E-state index in [-0.39, 0.29) is 5.56 Å². The molecule has 0 fully saturated rings. The number of ether oxygens (including phenoxy) is 1. The summed E-state index contributed by atoms with van der Waals surface area (Å²) in [6.45, 7) is 2.58. The van der Waals surface area contributed by atoms with E-state index in [1.54, 1.807) is 0 Å². The normalized spacial score (nSPS) is 10.9. The lowest BCUT2D eigenvalue weighted by atomic mass is 10.1. The summed E-state index contributed by atoms with van der Waals surface area (Å²) in [5, 5.41) is 1.67. The molecule has 0 aliphatic carbocycles. The van der Waals surface area contributed by atoms with Gasteiger partial charge in [-0.1, -0.05) is 66.2 Å². The number of hydrogen-bond acceptors (Lipinski definition) is 2. The van der Waals surface area contributed by atoms with Crippen LogP contribution in [-0.4, -0.2) is 4.57 Å². The van der Waals surface area contributed by atoms with Crippen molar-refractivity contribution < 1.29 is 4.74 Å². The number of rotatable bonds is 5. The van der Waals surface area contributed by atoms with Crippen LogP contribution in [0.2, 0.25) is 0 Å². The smallest absolute Gasteiger partial charge is 0.259 e. The van der Waals surface area contributed by atoms with Crippen molar-refractivity contribution in [1.82, 2.24) is 4.57 Å². The Morgan fingerprint density at radius 3 is 2.12 bits per heavy atom. The van der Waals surface area contributed by atoms with E-state index in [0.717, 1.165) is 39.1 Å². The van der Waals surface area contributed by atoms with Crippen molar-refractivity contribution in [3.63, 3.8) is 0 Å². The number of aromatic nitrogens is 1. The van der Waals surface area contributed by atoms with E-state index in [2.05, 4.69) is 37.3 Å². The second-order valence-corrected chi connectivity index (χ2v) is 7.93. The Balaban J connectivity index is 1.57. The summed E-state index contributed by atoms with van der Waals surface area (Å²) in [5.41, 5.74) is 4.18. The van der Waals surface area contributed by atoms with Gasteiger partial charge in [0.05, 0.1) is 12.2 Å². The lowest BCUT2D eigenvalue weighted by Gasteiger charge is -2.16. The van der Waals surface area contributed by atoms with E-state index < -0.39 is 0 Å². The quantitative estimate of drug-likeness (QED) is 0.314. The molecule has 0 amide bonds. The number of hydrogen-bond donors (Lipinski definition) is 0. The Labute approximate surface area is 187 Å². The third-order valence-corrected chi connectivity index (χ3v) is 5.61. The lowest BCUT2D eigenvalue weighted by Crippen LogP contribution is -2.22. The fourth-order valence-corrected chi connectivity index (χ4v) is 3.89. The highest BCUT2D eigenvalue weighted by Crippen LogP contribution is 2.27. The highest BCUT2D eigenvalue weighted by Gasteiger charge is 2.12. The Morgan fingerprint density at radius 1 is 0.719 bits per heavy atom. The third kappa shape index (κ3) is 4.06. The van der Waals surface area contributed by atoms with E-state index in [9.17, 15) is 4.79 Å². The number of para-hydroxylation sites is 1. The zero-order chi connectivity index (χ0) is 21.9. The molecule has 1 heterocycles. The molecule has 0 atom stereocenters. The maximum Gasteiger partial charge on any atom is 0.259 e. The molecule has 3 heteroatoms. The summed E-state index contributed by atoms with van der Waals surface area (Å²) in [5.74, 6) is 1.55. The number of benzene rings is 4. The first-order chi connectivity index (χ1) is 15.7. The van der Waals surface area contributed by atoms with E-state index >= 15 is 0 Å². The minimum atomic E-state index is 0.0169. The SMILES string of the molecule is Cc1ccc(Cn2c(-c3ccc(Oc4ccccc4)cc3)cc3ccccc3c2=O)cc1. The molecule has 5 rings (SSSR count). The number of aryl methyl sites for hydroxylation is 1. The molecule has 0 radical (unpaired) electrons. The van der Waals surface area contributed by atoms with E-state index in [1.165, 1.54) is 5.56 Å². The van der Waals surface area contributed by atoms with Crippen molar-refractivity contribution in [2.24, 2.45) is 0 Å². The Kier molecular flexibility index (Phi) is 5.30. The van der Waals surface area contributed by atoms with Crippen LogP contribution in [0.1, 0.15) is 11.1 Å². The van der Waals surface area contributed by atoms with Crippen molar-refractivity contribution in [3.05, 3.63) is 131 Å². The molecule has 0 N–H and O–H groups in total. The molecule has 0 unspecified atom stereocenters.